The van der Waals surface area contributed by atoms with Gasteiger partial charge in [-0.15, -0.1) is 0 Å². The Kier molecular flexibility index (Phi) is 11.1. The number of amides is 1. The number of carbonyl (C=O) groups excluding carboxylic acids is 1. The van der Waals surface area contributed by atoms with E-state index in [1.165, 1.54) is 18.5 Å². The molecule has 236 valence electrons. The second-order valence-electron chi connectivity index (χ2n) is 11.7. The van der Waals surface area contributed by atoms with E-state index in [9.17, 15) is 9.18 Å². The quantitative estimate of drug-likeness (QED) is 0.147. The summed E-state index contributed by atoms with van der Waals surface area (Å²) < 4.78 is 34.0. The Morgan fingerprint density at radius 2 is 1.66 bits per heavy atom. The van der Waals surface area contributed by atoms with Crippen LogP contribution in [0.2, 0.25) is 21.6 Å². The molecule has 0 spiro atoms. The second-order valence-corrected chi connectivity index (χ2v) is 17.5. The van der Waals surface area contributed by atoms with E-state index in [-0.39, 0.29) is 24.4 Å². The van der Waals surface area contributed by atoms with Crippen molar-refractivity contribution >= 4 is 42.7 Å². The molecule has 0 saturated heterocycles. The van der Waals surface area contributed by atoms with Crippen molar-refractivity contribution in [1.82, 2.24) is 24.7 Å². The maximum absolute atomic E-state index is 13.5. The van der Waals surface area contributed by atoms with Crippen molar-refractivity contribution in [3.63, 3.8) is 0 Å². The molecule has 4 rings (SSSR count). The Labute approximate surface area is 263 Å². The standard InChI is InChI=1S/C31H40ClFN6O4Si/c1-19(2)44(20(3)4,21(5)6)42-16-22(7)41-17-27(30(40)38-28-13-12-23(33)14-34-28)43-31-24-15-37-39(29(24)35-18-36-31)26-11-9-8-10-25(26)32/h8-15,18-22,27H,16-17H2,1-7H3,(H,34,38,40)/t22?,27-/m0/s1. The van der Waals surface area contributed by atoms with Gasteiger partial charge < -0.3 is 19.2 Å². The van der Waals surface area contributed by atoms with E-state index < -0.39 is 26.1 Å². The molecule has 3 heterocycles. The van der Waals surface area contributed by atoms with Crippen molar-refractivity contribution < 1.29 is 23.1 Å². The molecule has 44 heavy (non-hydrogen) atoms. The van der Waals surface area contributed by atoms with E-state index in [1.807, 2.05) is 25.1 Å². The van der Waals surface area contributed by atoms with Crippen LogP contribution in [0.5, 0.6) is 5.88 Å². The Bertz CT molecular complexity index is 1530. The summed E-state index contributed by atoms with van der Waals surface area (Å²) in [5.41, 5.74) is 2.35. The summed E-state index contributed by atoms with van der Waals surface area (Å²) in [7, 11) is -2.11. The Hall–Kier alpha value is -3.45. The number of anilines is 1. The predicted octanol–water partition coefficient (Wildman–Crippen LogP) is 6.99. The van der Waals surface area contributed by atoms with Gasteiger partial charge in [0.25, 0.3) is 5.91 Å². The van der Waals surface area contributed by atoms with Crippen LogP contribution < -0.4 is 10.1 Å². The molecule has 4 aromatic rings. The molecule has 0 aliphatic rings. The Balaban J connectivity index is 1.56. The third kappa shape index (κ3) is 7.43. The van der Waals surface area contributed by atoms with Crippen molar-refractivity contribution in [2.24, 2.45) is 0 Å². The lowest BCUT2D eigenvalue weighted by molar-refractivity contribution is -0.127. The molecule has 10 nitrogen and oxygen atoms in total. The first-order valence-corrected chi connectivity index (χ1v) is 17.2. The number of hydrogen-bond donors (Lipinski definition) is 1. The van der Waals surface area contributed by atoms with Crippen molar-refractivity contribution in [2.75, 3.05) is 18.5 Å². The summed E-state index contributed by atoms with van der Waals surface area (Å²) in [6.07, 6.45) is 2.43. The summed E-state index contributed by atoms with van der Waals surface area (Å²) in [5, 5.41) is 8.08. The fourth-order valence-electron chi connectivity index (χ4n) is 5.73. The molecule has 1 aromatic carbocycles. The number of hydrogen-bond acceptors (Lipinski definition) is 8. The normalized spacial score (nSPS) is 13.5. The van der Waals surface area contributed by atoms with Crippen LogP contribution >= 0.6 is 11.6 Å². The summed E-state index contributed by atoms with van der Waals surface area (Å²) in [6.45, 7) is 15.6. The van der Waals surface area contributed by atoms with Crippen LogP contribution in [0.3, 0.4) is 0 Å². The maximum Gasteiger partial charge on any atom is 0.269 e. The number of halogens is 2. The van der Waals surface area contributed by atoms with Gasteiger partial charge in [0.1, 0.15) is 23.3 Å². The highest BCUT2D eigenvalue weighted by atomic mass is 35.5. The van der Waals surface area contributed by atoms with Crippen LogP contribution in [0.4, 0.5) is 10.2 Å². The highest BCUT2D eigenvalue weighted by Gasteiger charge is 2.45. The van der Waals surface area contributed by atoms with Gasteiger partial charge >= 0.3 is 0 Å². The molecule has 0 bridgehead atoms. The number of para-hydroxylation sites is 1. The van der Waals surface area contributed by atoms with Crippen molar-refractivity contribution in [3.05, 3.63) is 66.0 Å². The van der Waals surface area contributed by atoms with Gasteiger partial charge in [0.15, 0.2) is 14.0 Å². The largest absolute Gasteiger partial charge is 0.461 e. The molecule has 13 heteroatoms. The molecule has 0 aliphatic heterocycles. The van der Waals surface area contributed by atoms with E-state index in [4.69, 9.17) is 25.5 Å². The van der Waals surface area contributed by atoms with E-state index in [1.54, 1.807) is 16.9 Å². The molecular weight excluding hydrogens is 603 g/mol. The van der Waals surface area contributed by atoms with Gasteiger partial charge in [0, 0.05) is 0 Å². The number of aromatic nitrogens is 5. The second kappa shape index (κ2) is 14.6. The van der Waals surface area contributed by atoms with E-state index in [0.717, 1.165) is 6.20 Å². The third-order valence-corrected chi connectivity index (χ3v) is 14.1. The maximum atomic E-state index is 13.5. The molecule has 0 saturated carbocycles. The van der Waals surface area contributed by atoms with Crippen LogP contribution in [0, 0.1) is 5.82 Å². The fourth-order valence-corrected chi connectivity index (χ4v) is 11.5. The number of rotatable bonds is 14. The Morgan fingerprint density at radius 3 is 2.30 bits per heavy atom. The molecule has 1 N–H and O–H groups in total. The molecule has 0 radical (unpaired) electrons. The topological polar surface area (TPSA) is 113 Å². The average molecular weight is 643 g/mol. The smallest absolute Gasteiger partial charge is 0.269 e. The summed E-state index contributed by atoms with van der Waals surface area (Å²) in [4.78, 5) is 26.0. The van der Waals surface area contributed by atoms with Crippen LogP contribution in [-0.4, -0.2) is 64.4 Å². The molecule has 1 amide bonds. The number of fused-ring (bicyclic) bond motifs is 1. The number of nitrogens with one attached hydrogen (secondary N) is 1. The third-order valence-electron chi connectivity index (χ3n) is 7.74. The zero-order chi connectivity index (χ0) is 32.0. The van der Waals surface area contributed by atoms with E-state index in [2.05, 4.69) is 66.9 Å². The summed E-state index contributed by atoms with van der Waals surface area (Å²) >= 11 is 6.40. The summed E-state index contributed by atoms with van der Waals surface area (Å²) in [6, 6.07) is 9.81. The van der Waals surface area contributed by atoms with Crippen molar-refractivity contribution in [3.8, 4) is 11.6 Å². The van der Waals surface area contributed by atoms with Crippen LogP contribution in [0.25, 0.3) is 16.7 Å². The number of carbonyl (C=O) groups is 1. The lowest BCUT2D eigenvalue weighted by Gasteiger charge is -2.42. The SMILES string of the molecule is CC(CO[Si](C(C)C)(C(C)C)C(C)C)OC[C@H](Oc1ncnc2c1cnn2-c1ccccc1Cl)C(=O)Nc1ccc(F)cn1. The van der Waals surface area contributed by atoms with Gasteiger partial charge in [-0.2, -0.15) is 5.10 Å². The molecule has 3 aromatic heterocycles. The minimum atomic E-state index is -2.11. The van der Waals surface area contributed by atoms with Crippen molar-refractivity contribution in [1.29, 1.82) is 0 Å². The first-order valence-electron chi connectivity index (χ1n) is 14.7. The highest BCUT2D eigenvalue weighted by molar-refractivity contribution is 6.77. The fraction of sp³-hybridized carbons (Fsp3) is 0.452. The number of pyridine rings is 1. The number of ether oxygens (including phenoxy) is 2. The van der Waals surface area contributed by atoms with Crippen LogP contribution in [-0.2, 0) is 14.0 Å². The number of nitrogens with zero attached hydrogens (tertiary/aromatic N) is 5. The summed E-state index contributed by atoms with van der Waals surface area (Å²) in [5.74, 6) is -0.755. The predicted molar refractivity (Wildman–Crippen MR) is 171 cm³/mol. The highest BCUT2D eigenvalue weighted by Crippen LogP contribution is 2.42. The average Bonchev–Trinajstić information content (AvgIpc) is 3.41. The van der Waals surface area contributed by atoms with Gasteiger partial charge in [-0.1, -0.05) is 65.3 Å². The zero-order valence-electron chi connectivity index (χ0n) is 26.1. The minimum Gasteiger partial charge on any atom is -0.461 e. The number of benzene rings is 1. The van der Waals surface area contributed by atoms with Gasteiger partial charge in [0.2, 0.25) is 12.0 Å². The van der Waals surface area contributed by atoms with Gasteiger partial charge in [-0.3, -0.25) is 4.79 Å². The Morgan fingerprint density at radius 1 is 0.955 bits per heavy atom. The minimum absolute atomic E-state index is 0.110. The van der Waals surface area contributed by atoms with Gasteiger partial charge in [-0.05, 0) is 47.8 Å². The lowest BCUT2D eigenvalue weighted by Crippen LogP contribution is -2.49. The van der Waals surface area contributed by atoms with E-state index >= 15 is 0 Å². The lowest BCUT2D eigenvalue weighted by atomic mass is 10.3. The first-order chi connectivity index (χ1) is 20.9. The first kappa shape index (κ1) is 33.4. The molecule has 1 unspecified atom stereocenters. The molecule has 0 aliphatic carbocycles. The molecule has 2 atom stereocenters. The molecular formula is C31H40ClFN6O4Si. The monoisotopic (exact) mass is 642 g/mol. The van der Waals surface area contributed by atoms with E-state index in [0.29, 0.717) is 45.0 Å². The van der Waals surface area contributed by atoms with Gasteiger partial charge in [0.05, 0.1) is 42.4 Å². The van der Waals surface area contributed by atoms with Crippen LogP contribution in [0.1, 0.15) is 48.5 Å². The van der Waals surface area contributed by atoms with Crippen LogP contribution in [0.15, 0.2) is 55.1 Å². The molecule has 0 fully saturated rings. The van der Waals surface area contributed by atoms with Crippen molar-refractivity contribution in [2.45, 2.75) is 77.3 Å². The zero-order valence-corrected chi connectivity index (χ0v) is 27.9. The van der Waals surface area contributed by atoms with Gasteiger partial charge in [-0.25, -0.2) is 24.0 Å².